The van der Waals surface area contributed by atoms with E-state index in [0.717, 1.165) is 5.56 Å². The Kier molecular flexibility index (Phi) is 4.25. The lowest BCUT2D eigenvalue weighted by Crippen LogP contribution is -2.14. The number of carbonyl (C=O) groups is 1. The van der Waals surface area contributed by atoms with Crippen molar-refractivity contribution < 1.29 is 9.18 Å². The lowest BCUT2D eigenvalue weighted by atomic mass is 10.1. The van der Waals surface area contributed by atoms with E-state index in [1.807, 2.05) is 25.1 Å². The average molecular weight is 293 g/mol. The van der Waals surface area contributed by atoms with Crippen LogP contribution < -0.4 is 11.1 Å². The van der Waals surface area contributed by atoms with Crippen molar-refractivity contribution in [2.45, 2.75) is 13.0 Å². The van der Waals surface area contributed by atoms with Gasteiger partial charge in [-0.25, -0.2) is 4.39 Å². The summed E-state index contributed by atoms with van der Waals surface area (Å²) in [6.07, 6.45) is 0. The number of hydrogen-bond acceptors (Lipinski definition) is 2. The number of primary amides is 1. The van der Waals surface area contributed by atoms with Crippen LogP contribution in [0, 0.1) is 5.82 Å². The van der Waals surface area contributed by atoms with Crippen LogP contribution in [0.1, 0.15) is 28.9 Å². The molecule has 0 aliphatic rings. The van der Waals surface area contributed by atoms with Crippen molar-refractivity contribution >= 4 is 23.2 Å². The normalized spacial score (nSPS) is 11.9. The fourth-order valence-electron chi connectivity index (χ4n) is 1.91. The van der Waals surface area contributed by atoms with Crippen LogP contribution in [0.3, 0.4) is 0 Å². The van der Waals surface area contributed by atoms with Gasteiger partial charge in [-0.2, -0.15) is 0 Å². The predicted molar refractivity (Wildman–Crippen MR) is 78.4 cm³/mol. The summed E-state index contributed by atoms with van der Waals surface area (Å²) < 4.78 is 13.4. The van der Waals surface area contributed by atoms with E-state index in [0.29, 0.717) is 10.7 Å². The Morgan fingerprint density at radius 1 is 1.30 bits per heavy atom. The number of rotatable bonds is 4. The van der Waals surface area contributed by atoms with Gasteiger partial charge in [-0.1, -0.05) is 23.7 Å². The summed E-state index contributed by atoms with van der Waals surface area (Å²) in [6, 6.07) is 11.6. The molecule has 1 unspecified atom stereocenters. The molecular formula is C15H14ClFN2O. The Hall–Kier alpha value is -2.07. The molecule has 0 aromatic heterocycles. The van der Waals surface area contributed by atoms with E-state index in [-0.39, 0.29) is 11.6 Å². The fourth-order valence-corrected chi connectivity index (χ4v) is 2.11. The van der Waals surface area contributed by atoms with Gasteiger partial charge in [-0.05, 0) is 42.8 Å². The molecular weight excluding hydrogens is 279 g/mol. The molecule has 2 aromatic carbocycles. The predicted octanol–water partition coefficient (Wildman–Crippen LogP) is 3.75. The molecule has 2 aromatic rings. The standard InChI is InChI=1S/C15H14ClFN2O/c1-9(10-3-2-4-11(16)7-10)19-12-5-6-14(17)13(8-12)15(18)20/h2-9,19H,1H3,(H2,18,20). The molecule has 1 atom stereocenters. The molecule has 0 saturated heterocycles. The molecule has 0 saturated carbocycles. The minimum absolute atomic E-state index is 0.0418. The first-order chi connectivity index (χ1) is 9.47. The van der Waals surface area contributed by atoms with Gasteiger partial charge in [0.15, 0.2) is 0 Å². The summed E-state index contributed by atoms with van der Waals surface area (Å²) in [4.78, 5) is 11.1. The van der Waals surface area contributed by atoms with E-state index in [1.54, 1.807) is 12.1 Å². The topological polar surface area (TPSA) is 55.1 Å². The van der Waals surface area contributed by atoms with Crippen molar-refractivity contribution in [2.24, 2.45) is 5.73 Å². The van der Waals surface area contributed by atoms with Gasteiger partial charge in [0.2, 0.25) is 0 Å². The maximum atomic E-state index is 13.4. The van der Waals surface area contributed by atoms with Gasteiger partial charge in [-0.3, -0.25) is 4.79 Å². The molecule has 20 heavy (non-hydrogen) atoms. The van der Waals surface area contributed by atoms with Gasteiger partial charge in [-0.15, -0.1) is 0 Å². The van der Waals surface area contributed by atoms with Crippen LogP contribution in [-0.4, -0.2) is 5.91 Å². The van der Waals surface area contributed by atoms with Crippen LogP contribution >= 0.6 is 11.6 Å². The molecule has 0 aliphatic carbocycles. The second-order valence-electron chi connectivity index (χ2n) is 4.48. The van der Waals surface area contributed by atoms with E-state index in [9.17, 15) is 9.18 Å². The largest absolute Gasteiger partial charge is 0.378 e. The number of hydrogen-bond donors (Lipinski definition) is 2. The van der Waals surface area contributed by atoms with Crippen molar-refractivity contribution in [1.29, 1.82) is 0 Å². The number of nitrogens with two attached hydrogens (primary N) is 1. The maximum Gasteiger partial charge on any atom is 0.251 e. The number of benzene rings is 2. The number of amides is 1. The van der Waals surface area contributed by atoms with Crippen molar-refractivity contribution in [3.05, 3.63) is 64.4 Å². The first-order valence-corrected chi connectivity index (χ1v) is 6.46. The van der Waals surface area contributed by atoms with Crippen LogP contribution in [0.4, 0.5) is 10.1 Å². The highest BCUT2D eigenvalue weighted by atomic mass is 35.5. The first kappa shape index (κ1) is 14.3. The average Bonchev–Trinajstić information content (AvgIpc) is 2.40. The molecule has 104 valence electrons. The second kappa shape index (κ2) is 5.92. The van der Waals surface area contributed by atoms with Gasteiger partial charge in [0.25, 0.3) is 5.91 Å². The molecule has 0 fully saturated rings. The van der Waals surface area contributed by atoms with E-state index in [4.69, 9.17) is 17.3 Å². The third kappa shape index (κ3) is 3.27. The van der Waals surface area contributed by atoms with Crippen LogP contribution in [-0.2, 0) is 0 Å². The van der Waals surface area contributed by atoms with E-state index in [1.165, 1.54) is 12.1 Å². The smallest absolute Gasteiger partial charge is 0.251 e. The van der Waals surface area contributed by atoms with E-state index < -0.39 is 11.7 Å². The second-order valence-corrected chi connectivity index (χ2v) is 4.92. The fraction of sp³-hybridized carbons (Fsp3) is 0.133. The molecule has 5 heteroatoms. The Labute approximate surface area is 121 Å². The Morgan fingerprint density at radius 2 is 2.05 bits per heavy atom. The lowest BCUT2D eigenvalue weighted by Gasteiger charge is -2.16. The number of nitrogens with one attached hydrogen (secondary N) is 1. The molecule has 0 aliphatic heterocycles. The SMILES string of the molecule is CC(Nc1ccc(F)c(C(N)=O)c1)c1cccc(Cl)c1. The van der Waals surface area contributed by atoms with Crippen LogP contribution in [0.25, 0.3) is 0 Å². The van der Waals surface area contributed by atoms with Crippen molar-refractivity contribution in [3.63, 3.8) is 0 Å². The Bertz CT molecular complexity index is 646. The zero-order valence-corrected chi connectivity index (χ0v) is 11.6. The van der Waals surface area contributed by atoms with Crippen molar-refractivity contribution in [3.8, 4) is 0 Å². The molecule has 1 amide bonds. The Balaban J connectivity index is 2.22. The number of anilines is 1. The zero-order valence-electron chi connectivity index (χ0n) is 10.9. The molecule has 3 nitrogen and oxygen atoms in total. The first-order valence-electron chi connectivity index (χ1n) is 6.08. The summed E-state index contributed by atoms with van der Waals surface area (Å²) in [5.74, 6) is -1.42. The minimum atomic E-state index is -0.790. The summed E-state index contributed by atoms with van der Waals surface area (Å²) in [5.41, 5.74) is 6.60. The highest BCUT2D eigenvalue weighted by Crippen LogP contribution is 2.23. The molecule has 0 spiro atoms. The van der Waals surface area contributed by atoms with Gasteiger partial charge in [0.1, 0.15) is 5.82 Å². The summed E-state index contributed by atoms with van der Waals surface area (Å²) in [6.45, 7) is 1.94. The molecule has 0 bridgehead atoms. The van der Waals surface area contributed by atoms with Gasteiger partial charge < -0.3 is 11.1 Å². The van der Waals surface area contributed by atoms with E-state index in [2.05, 4.69) is 5.32 Å². The van der Waals surface area contributed by atoms with Gasteiger partial charge in [0, 0.05) is 16.8 Å². The van der Waals surface area contributed by atoms with Crippen molar-refractivity contribution in [1.82, 2.24) is 0 Å². The van der Waals surface area contributed by atoms with Crippen molar-refractivity contribution in [2.75, 3.05) is 5.32 Å². The molecule has 2 rings (SSSR count). The third-order valence-electron chi connectivity index (χ3n) is 2.96. The molecule has 0 heterocycles. The van der Waals surface area contributed by atoms with E-state index >= 15 is 0 Å². The van der Waals surface area contributed by atoms with Crippen LogP contribution in [0.2, 0.25) is 5.02 Å². The van der Waals surface area contributed by atoms with Crippen LogP contribution in [0.5, 0.6) is 0 Å². The Morgan fingerprint density at radius 3 is 2.70 bits per heavy atom. The lowest BCUT2D eigenvalue weighted by molar-refractivity contribution is 0.0996. The number of halogens is 2. The quantitative estimate of drug-likeness (QED) is 0.901. The molecule has 0 radical (unpaired) electrons. The monoisotopic (exact) mass is 292 g/mol. The zero-order chi connectivity index (χ0) is 14.7. The van der Waals surface area contributed by atoms with Gasteiger partial charge >= 0.3 is 0 Å². The van der Waals surface area contributed by atoms with Crippen LogP contribution in [0.15, 0.2) is 42.5 Å². The summed E-state index contributed by atoms with van der Waals surface area (Å²) in [7, 11) is 0. The summed E-state index contributed by atoms with van der Waals surface area (Å²) >= 11 is 5.94. The summed E-state index contributed by atoms with van der Waals surface area (Å²) in [5, 5.41) is 3.82. The molecule has 3 N–H and O–H groups in total. The number of carbonyl (C=O) groups excluding carboxylic acids is 1. The highest BCUT2D eigenvalue weighted by Gasteiger charge is 2.11. The minimum Gasteiger partial charge on any atom is -0.378 e. The maximum absolute atomic E-state index is 13.4. The third-order valence-corrected chi connectivity index (χ3v) is 3.20. The highest BCUT2D eigenvalue weighted by molar-refractivity contribution is 6.30. The van der Waals surface area contributed by atoms with Gasteiger partial charge in [0.05, 0.1) is 5.56 Å².